The Bertz CT molecular complexity index is 226. The molecule has 0 amide bonds. The summed E-state index contributed by atoms with van der Waals surface area (Å²) in [6, 6.07) is 0. The van der Waals surface area contributed by atoms with E-state index in [2.05, 4.69) is 0 Å². The van der Waals surface area contributed by atoms with Gasteiger partial charge < -0.3 is 9.47 Å². The van der Waals surface area contributed by atoms with Crippen molar-refractivity contribution >= 4 is 5.97 Å². The molecular formula is C9H14O3. The lowest BCUT2D eigenvalue weighted by atomic mass is 10.1. The minimum Gasteiger partial charge on any atom is -0.457 e. The van der Waals surface area contributed by atoms with Gasteiger partial charge >= 0.3 is 5.97 Å². The molecule has 0 unspecified atom stereocenters. The highest BCUT2D eigenvalue weighted by molar-refractivity contribution is 5.83. The van der Waals surface area contributed by atoms with Gasteiger partial charge in [0.2, 0.25) is 5.79 Å². The first-order valence-electron chi connectivity index (χ1n) is 4.04. The van der Waals surface area contributed by atoms with Crippen LogP contribution in [0.15, 0.2) is 11.8 Å². The summed E-state index contributed by atoms with van der Waals surface area (Å²) >= 11 is 0. The molecule has 0 radical (unpaired) electrons. The first-order chi connectivity index (χ1) is 5.41. The fourth-order valence-corrected chi connectivity index (χ4v) is 1.01. The van der Waals surface area contributed by atoms with Crippen LogP contribution in [0.5, 0.6) is 0 Å². The Hall–Kier alpha value is -0.990. The first kappa shape index (κ1) is 9.10. The molecule has 0 aromatic rings. The summed E-state index contributed by atoms with van der Waals surface area (Å²) in [5, 5.41) is 0. The van der Waals surface area contributed by atoms with Crippen LogP contribution in [-0.2, 0) is 14.3 Å². The summed E-state index contributed by atoms with van der Waals surface area (Å²) in [5.41, 5.74) is 0. The molecule has 0 bridgehead atoms. The Balaban J connectivity index is 2.84. The summed E-state index contributed by atoms with van der Waals surface area (Å²) in [5.74, 6) is -0.228. The van der Waals surface area contributed by atoms with E-state index >= 15 is 0 Å². The summed E-state index contributed by atoms with van der Waals surface area (Å²) < 4.78 is 10.3. The van der Waals surface area contributed by atoms with Gasteiger partial charge in [-0.15, -0.1) is 0 Å². The van der Waals surface area contributed by atoms with Gasteiger partial charge in [-0.1, -0.05) is 13.8 Å². The second kappa shape index (κ2) is 2.81. The van der Waals surface area contributed by atoms with E-state index in [0.717, 1.165) is 0 Å². The largest absolute Gasteiger partial charge is 0.457 e. The van der Waals surface area contributed by atoms with Crippen LogP contribution >= 0.6 is 0 Å². The molecule has 0 aliphatic carbocycles. The molecule has 68 valence electrons. The van der Waals surface area contributed by atoms with E-state index < -0.39 is 5.79 Å². The minimum atomic E-state index is -0.814. The highest BCUT2D eigenvalue weighted by atomic mass is 16.7. The zero-order valence-electron chi connectivity index (χ0n) is 7.88. The van der Waals surface area contributed by atoms with Crippen molar-refractivity contribution in [3.63, 3.8) is 0 Å². The molecule has 0 fully saturated rings. The van der Waals surface area contributed by atoms with Crippen molar-refractivity contribution in [2.75, 3.05) is 0 Å². The van der Waals surface area contributed by atoms with Crippen molar-refractivity contribution in [1.82, 2.24) is 0 Å². The highest BCUT2D eigenvalue weighted by Gasteiger charge is 2.30. The maximum Gasteiger partial charge on any atom is 0.337 e. The number of hydrogen-bond acceptors (Lipinski definition) is 3. The molecule has 1 aliphatic heterocycles. The lowest BCUT2D eigenvalue weighted by Crippen LogP contribution is -2.35. The number of esters is 1. The van der Waals surface area contributed by atoms with E-state index in [4.69, 9.17) is 9.47 Å². The van der Waals surface area contributed by atoms with Crippen molar-refractivity contribution in [1.29, 1.82) is 0 Å². The molecule has 1 rings (SSSR count). The maximum atomic E-state index is 11.0. The number of ether oxygens (including phenoxy) is 2. The van der Waals surface area contributed by atoms with Crippen LogP contribution in [-0.4, -0.2) is 11.8 Å². The number of rotatable bonds is 1. The molecule has 0 spiro atoms. The van der Waals surface area contributed by atoms with Crippen LogP contribution < -0.4 is 0 Å². The molecule has 0 saturated heterocycles. The van der Waals surface area contributed by atoms with Gasteiger partial charge in [-0.05, 0) is 0 Å². The number of hydrogen-bond donors (Lipinski definition) is 0. The standard InChI is InChI=1S/C9H14O3/c1-6(2)7-5-8(10)12-9(3,4)11-7/h5-6H,1-4H3. The molecule has 0 N–H and O–H groups in total. The fourth-order valence-electron chi connectivity index (χ4n) is 1.01. The normalized spacial score (nSPS) is 21.4. The van der Waals surface area contributed by atoms with Gasteiger partial charge in [0.15, 0.2) is 0 Å². The number of allylic oxidation sites excluding steroid dienone is 1. The molecule has 0 saturated carbocycles. The third-order valence-corrected chi connectivity index (χ3v) is 1.54. The molecular weight excluding hydrogens is 156 g/mol. The fraction of sp³-hybridized carbons (Fsp3) is 0.667. The Morgan fingerprint density at radius 1 is 1.33 bits per heavy atom. The van der Waals surface area contributed by atoms with E-state index in [0.29, 0.717) is 5.76 Å². The van der Waals surface area contributed by atoms with Gasteiger partial charge in [-0.25, -0.2) is 4.79 Å². The van der Waals surface area contributed by atoms with Crippen molar-refractivity contribution in [2.24, 2.45) is 5.92 Å². The van der Waals surface area contributed by atoms with E-state index in [1.807, 2.05) is 13.8 Å². The predicted molar refractivity (Wildman–Crippen MR) is 44.2 cm³/mol. The second-order valence-electron chi connectivity index (χ2n) is 3.62. The van der Waals surface area contributed by atoms with Crippen molar-refractivity contribution < 1.29 is 14.3 Å². The summed E-state index contributed by atoms with van der Waals surface area (Å²) in [7, 11) is 0. The van der Waals surface area contributed by atoms with Crippen molar-refractivity contribution in [2.45, 2.75) is 33.5 Å². The molecule has 12 heavy (non-hydrogen) atoms. The van der Waals surface area contributed by atoms with Crippen LogP contribution in [0.2, 0.25) is 0 Å². The molecule has 3 heteroatoms. The molecule has 1 aliphatic rings. The lowest BCUT2D eigenvalue weighted by Gasteiger charge is -2.31. The zero-order chi connectivity index (χ0) is 9.35. The Morgan fingerprint density at radius 2 is 1.92 bits per heavy atom. The van der Waals surface area contributed by atoms with Crippen LogP contribution in [0.25, 0.3) is 0 Å². The average molecular weight is 170 g/mol. The molecule has 1 heterocycles. The number of carbonyl (C=O) groups excluding carboxylic acids is 1. The monoisotopic (exact) mass is 170 g/mol. The molecule has 0 aromatic heterocycles. The van der Waals surface area contributed by atoms with Crippen LogP contribution in [0.1, 0.15) is 27.7 Å². The minimum absolute atomic E-state index is 0.220. The third kappa shape index (κ3) is 2.00. The lowest BCUT2D eigenvalue weighted by molar-refractivity contribution is -0.207. The van der Waals surface area contributed by atoms with Gasteiger partial charge in [-0.2, -0.15) is 0 Å². The van der Waals surface area contributed by atoms with Crippen LogP contribution in [0, 0.1) is 5.92 Å². The molecule has 0 atom stereocenters. The first-order valence-corrected chi connectivity index (χ1v) is 4.04. The Labute approximate surface area is 72.4 Å². The van der Waals surface area contributed by atoms with Crippen molar-refractivity contribution in [3.8, 4) is 0 Å². The van der Waals surface area contributed by atoms with Crippen molar-refractivity contribution in [3.05, 3.63) is 11.8 Å². The van der Waals surface area contributed by atoms with Crippen LogP contribution in [0.4, 0.5) is 0 Å². The number of carbonyl (C=O) groups is 1. The van der Waals surface area contributed by atoms with Gasteiger partial charge in [0, 0.05) is 19.8 Å². The SMILES string of the molecule is CC(C)C1=CC(=O)OC(C)(C)O1. The Morgan fingerprint density at radius 3 is 2.33 bits per heavy atom. The average Bonchev–Trinajstić information content (AvgIpc) is 1.82. The second-order valence-corrected chi connectivity index (χ2v) is 3.62. The zero-order valence-corrected chi connectivity index (χ0v) is 7.88. The molecule has 0 aromatic carbocycles. The Kier molecular flexibility index (Phi) is 2.13. The van der Waals surface area contributed by atoms with E-state index in [1.165, 1.54) is 6.08 Å². The summed E-state index contributed by atoms with van der Waals surface area (Å²) in [4.78, 5) is 11.0. The smallest absolute Gasteiger partial charge is 0.337 e. The van der Waals surface area contributed by atoms with Gasteiger partial charge in [-0.3, -0.25) is 0 Å². The van der Waals surface area contributed by atoms with Crippen LogP contribution in [0.3, 0.4) is 0 Å². The van der Waals surface area contributed by atoms with E-state index in [-0.39, 0.29) is 11.9 Å². The third-order valence-electron chi connectivity index (χ3n) is 1.54. The number of cyclic esters (lactones) is 1. The highest BCUT2D eigenvalue weighted by Crippen LogP contribution is 2.25. The van der Waals surface area contributed by atoms with Gasteiger partial charge in [0.1, 0.15) is 5.76 Å². The van der Waals surface area contributed by atoms with Gasteiger partial charge in [0.05, 0.1) is 6.08 Å². The van der Waals surface area contributed by atoms with Gasteiger partial charge in [0.25, 0.3) is 0 Å². The molecule has 3 nitrogen and oxygen atoms in total. The summed E-state index contributed by atoms with van der Waals surface area (Å²) in [6.07, 6.45) is 1.40. The van der Waals surface area contributed by atoms with E-state index in [9.17, 15) is 4.79 Å². The van der Waals surface area contributed by atoms with E-state index in [1.54, 1.807) is 13.8 Å². The topological polar surface area (TPSA) is 35.5 Å². The quantitative estimate of drug-likeness (QED) is 0.563. The predicted octanol–water partition coefficient (Wildman–Crippen LogP) is 1.84. The maximum absolute atomic E-state index is 11.0. The summed E-state index contributed by atoms with van der Waals surface area (Å²) in [6.45, 7) is 7.39.